The van der Waals surface area contributed by atoms with Crippen LogP contribution in [0.4, 0.5) is 0 Å². The third-order valence-electron chi connectivity index (χ3n) is 4.54. The molecule has 0 N–H and O–H groups in total. The Morgan fingerprint density at radius 2 is 1.60 bits per heavy atom. The molecule has 1 saturated heterocycles. The van der Waals surface area contributed by atoms with Gasteiger partial charge in [-0.3, -0.25) is 0 Å². The van der Waals surface area contributed by atoms with Crippen molar-refractivity contribution in [3.8, 4) is 0 Å². The fourth-order valence-electron chi connectivity index (χ4n) is 2.55. The maximum atomic E-state index is 5.85. The van der Waals surface area contributed by atoms with Gasteiger partial charge in [-0.15, -0.1) is 0 Å². The Morgan fingerprint density at radius 1 is 1.13 bits per heavy atom. The summed E-state index contributed by atoms with van der Waals surface area (Å²) in [4.78, 5) is 1.98. The van der Waals surface area contributed by atoms with Gasteiger partial charge in [0.05, 0.1) is 0 Å². The summed E-state index contributed by atoms with van der Waals surface area (Å²) in [6, 6.07) is 0. The van der Waals surface area contributed by atoms with Gasteiger partial charge in [0.15, 0.2) is 7.98 Å². The largest absolute Gasteiger partial charge is 0.353 e. The van der Waals surface area contributed by atoms with Crippen molar-refractivity contribution < 1.29 is 0 Å². The van der Waals surface area contributed by atoms with Crippen LogP contribution in [0.2, 0.25) is 0 Å². The lowest BCUT2D eigenvalue weighted by Crippen LogP contribution is -2.34. The highest BCUT2D eigenvalue weighted by Gasteiger charge is 2.32. The molecule has 0 aliphatic carbocycles. The van der Waals surface area contributed by atoms with Crippen LogP contribution in [-0.4, -0.2) is 25.9 Å². The lowest BCUT2D eigenvalue weighted by atomic mass is 9.67. The fourth-order valence-corrected chi connectivity index (χ4v) is 2.55. The van der Waals surface area contributed by atoms with Crippen molar-refractivity contribution in [3.05, 3.63) is 0 Å². The Balaban J connectivity index is 2.54. The SMILES string of the molecule is [B]N1CCCC(C(C)(C)C(C)C)CCC1. The van der Waals surface area contributed by atoms with E-state index < -0.39 is 0 Å². The molecule has 2 radical (unpaired) electrons. The van der Waals surface area contributed by atoms with Crippen LogP contribution in [0.5, 0.6) is 0 Å². The van der Waals surface area contributed by atoms with E-state index in [4.69, 9.17) is 7.98 Å². The first kappa shape index (κ1) is 13.1. The highest BCUT2D eigenvalue weighted by atomic mass is 15.0. The molecule has 1 aliphatic rings. The number of hydrogen-bond donors (Lipinski definition) is 0. The van der Waals surface area contributed by atoms with Crippen molar-refractivity contribution in [1.29, 1.82) is 0 Å². The highest BCUT2D eigenvalue weighted by molar-refractivity contribution is 6.04. The highest BCUT2D eigenvalue weighted by Crippen LogP contribution is 2.40. The van der Waals surface area contributed by atoms with Crippen molar-refractivity contribution >= 4 is 7.98 Å². The molecule has 1 nitrogen and oxygen atoms in total. The van der Waals surface area contributed by atoms with Crippen LogP contribution in [0.25, 0.3) is 0 Å². The van der Waals surface area contributed by atoms with Crippen LogP contribution in [0, 0.1) is 17.3 Å². The van der Waals surface area contributed by atoms with Crippen molar-refractivity contribution in [2.45, 2.75) is 53.4 Å². The van der Waals surface area contributed by atoms with E-state index >= 15 is 0 Å². The molecule has 0 bridgehead atoms. The first-order valence-electron chi connectivity index (χ1n) is 6.44. The van der Waals surface area contributed by atoms with Crippen LogP contribution in [0.1, 0.15) is 53.4 Å². The van der Waals surface area contributed by atoms with E-state index in [1.807, 2.05) is 4.81 Å². The summed E-state index contributed by atoms with van der Waals surface area (Å²) in [5, 5.41) is 0. The number of rotatable bonds is 2. The second kappa shape index (κ2) is 5.38. The molecule has 0 aromatic carbocycles. The summed E-state index contributed by atoms with van der Waals surface area (Å²) in [6.45, 7) is 11.7. The van der Waals surface area contributed by atoms with Gasteiger partial charge in [-0.2, -0.15) is 0 Å². The van der Waals surface area contributed by atoms with E-state index in [2.05, 4.69) is 27.7 Å². The molecule has 1 aliphatic heterocycles. The quantitative estimate of drug-likeness (QED) is 0.628. The number of hydrogen-bond acceptors (Lipinski definition) is 1. The minimum absolute atomic E-state index is 0.483. The monoisotopic (exact) mass is 207 g/mol. The summed E-state index contributed by atoms with van der Waals surface area (Å²) in [6.07, 6.45) is 5.21. The average Bonchev–Trinajstić information content (AvgIpc) is 2.10. The van der Waals surface area contributed by atoms with E-state index in [9.17, 15) is 0 Å². The molecule has 1 rings (SSSR count). The van der Waals surface area contributed by atoms with Gasteiger partial charge in [-0.25, -0.2) is 0 Å². The smallest absolute Gasteiger partial charge is 0.182 e. The minimum Gasteiger partial charge on any atom is -0.353 e. The molecular formula is C13H26BN. The zero-order valence-electron chi connectivity index (χ0n) is 10.9. The molecule has 0 amide bonds. The van der Waals surface area contributed by atoms with Gasteiger partial charge in [0.1, 0.15) is 0 Å². The zero-order chi connectivity index (χ0) is 11.5. The fraction of sp³-hybridized carbons (Fsp3) is 1.00. The standard InChI is InChI=1S/C13H26BN/c1-11(2)13(3,4)12-7-5-9-15(14)10-6-8-12/h11-12H,5-10H2,1-4H3. The second-order valence-electron chi connectivity index (χ2n) is 5.99. The summed E-state index contributed by atoms with van der Waals surface area (Å²) in [5.74, 6) is 1.65. The molecule has 86 valence electrons. The van der Waals surface area contributed by atoms with Crippen LogP contribution in [0.3, 0.4) is 0 Å². The van der Waals surface area contributed by atoms with Crippen LogP contribution in [-0.2, 0) is 0 Å². The third-order valence-corrected chi connectivity index (χ3v) is 4.54. The Morgan fingerprint density at radius 3 is 2.00 bits per heavy atom. The lowest BCUT2D eigenvalue weighted by Gasteiger charge is -2.40. The summed E-state index contributed by atoms with van der Waals surface area (Å²) in [7, 11) is 5.85. The molecule has 0 aromatic heterocycles. The van der Waals surface area contributed by atoms with E-state index in [0.29, 0.717) is 5.41 Å². The van der Waals surface area contributed by atoms with E-state index in [-0.39, 0.29) is 0 Å². The maximum Gasteiger partial charge on any atom is 0.182 e. The minimum atomic E-state index is 0.483. The summed E-state index contributed by atoms with van der Waals surface area (Å²) >= 11 is 0. The zero-order valence-corrected chi connectivity index (χ0v) is 10.9. The predicted octanol–water partition coefficient (Wildman–Crippen LogP) is 3.24. The van der Waals surface area contributed by atoms with Gasteiger partial charge < -0.3 is 4.81 Å². The number of nitrogens with zero attached hydrogens (tertiary/aromatic N) is 1. The van der Waals surface area contributed by atoms with Crippen LogP contribution in [0.15, 0.2) is 0 Å². The van der Waals surface area contributed by atoms with Gasteiger partial charge in [0.25, 0.3) is 0 Å². The summed E-state index contributed by atoms with van der Waals surface area (Å²) in [5.41, 5.74) is 0.483. The first-order chi connectivity index (χ1) is 6.94. The van der Waals surface area contributed by atoms with Crippen molar-refractivity contribution in [2.75, 3.05) is 13.1 Å². The van der Waals surface area contributed by atoms with E-state index in [1.54, 1.807) is 0 Å². The molecule has 1 heterocycles. The molecule has 15 heavy (non-hydrogen) atoms. The average molecular weight is 207 g/mol. The first-order valence-corrected chi connectivity index (χ1v) is 6.44. The third kappa shape index (κ3) is 3.51. The normalized spacial score (nSPS) is 22.7. The van der Waals surface area contributed by atoms with E-state index in [1.165, 1.54) is 25.7 Å². The van der Waals surface area contributed by atoms with Crippen molar-refractivity contribution in [1.82, 2.24) is 4.81 Å². The molecule has 0 unspecified atom stereocenters. The van der Waals surface area contributed by atoms with Gasteiger partial charge in [0.2, 0.25) is 0 Å². The van der Waals surface area contributed by atoms with Crippen molar-refractivity contribution in [3.63, 3.8) is 0 Å². The maximum absolute atomic E-state index is 5.85. The van der Waals surface area contributed by atoms with Gasteiger partial charge in [-0.1, -0.05) is 27.7 Å². The molecule has 0 spiro atoms. The molecule has 2 heteroatoms. The second-order valence-corrected chi connectivity index (χ2v) is 5.99. The van der Waals surface area contributed by atoms with Gasteiger partial charge in [0, 0.05) is 0 Å². The Kier molecular flexibility index (Phi) is 4.70. The Bertz CT molecular complexity index is 179. The Labute approximate surface area is 97.0 Å². The molecule has 1 fully saturated rings. The van der Waals surface area contributed by atoms with E-state index in [0.717, 1.165) is 24.9 Å². The predicted molar refractivity (Wildman–Crippen MR) is 67.9 cm³/mol. The lowest BCUT2D eigenvalue weighted by molar-refractivity contribution is 0.107. The topological polar surface area (TPSA) is 3.24 Å². The van der Waals surface area contributed by atoms with Crippen LogP contribution >= 0.6 is 0 Å². The van der Waals surface area contributed by atoms with Crippen LogP contribution < -0.4 is 0 Å². The van der Waals surface area contributed by atoms with Crippen molar-refractivity contribution in [2.24, 2.45) is 17.3 Å². The van der Waals surface area contributed by atoms with Gasteiger partial charge >= 0.3 is 0 Å². The molecule has 0 atom stereocenters. The molecular weight excluding hydrogens is 181 g/mol. The van der Waals surface area contributed by atoms with Gasteiger partial charge in [-0.05, 0) is 56.0 Å². The Hall–Kier alpha value is 0.0249. The summed E-state index contributed by atoms with van der Waals surface area (Å²) < 4.78 is 0. The molecule has 0 saturated carbocycles. The molecule has 0 aromatic rings.